The van der Waals surface area contributed by atoms with Crippen molar-refractivity contribution < 1.29 is 0 Å². The van der Waals surface area contributed by atoms with Crippen LogP contribution in [0.25, 0.3) is 0 Å². The zero-order valence-electron chi connectivity index (χ0n) is 8.29. The SMILES string of the molecule is CCN(CC)c1nc(NN)ncc1Br. The van der Waals surface area contributed by atoms with Crippen molar-refractivity contribution in [2.24, 2.45) is 5.84 Å². The summed E-state index contributed by atoms with van der Waals surface area (Å²) in [6.07, 6.45) is 1.69. The van der Waals surface area contributed by atoms with Gasteiger partial charge in [-0.15, -0.1) is 0 Å². The average molecular weight is 260 g/mol. The van der Waals surface area contributed by atoms with Crippen LogP contribution in [0.15, 0.2) is 10.7 Å². The minimum atomic E-state index is 0.426. The van der Waals surface area contributed by atoms with Gasteiger partial charge in [0.1, 0.15) is 5.82 Å². The summed E-state index contributed by atoms with van der Waals surface area (Å²) in [5.74, 6) is 6.53. The van der Waals surface area contributed by atoms with Crippen LogP contribution in [0.5, 0.6) is 0 Å². The molecular weight excluding hydrogens is 246 g/mol. The lowest BCUT2D eigenvalue weighted by atomic mass is 10.4. The molecule has 3 N–H and O–H groups in total. The van der Waals surface area contributed by atoms with Crippen molar-refractivity contribution in [2.75, 3.05) is 23.4 Å². The van der Waals surface area contributed by atoms with Crippen LogP contribution in [-0.4, -0.2) is 23.1 Å². The van der Waals surface area contributed by atoms with Gasteiger partial charge < -0.3 is 4.90 Å². The normalized spacial score (nSPS) is 10.0. The highest BCUT2D eigenvalue weighted by molar-refractivity contribution is 9.10. The van der Waals surface area contributed by atoms with E-state index in [1.54, 1.807) is 6.20 Å². The maximum absolute atomic E-state index is 5.24. The van der Waals surface area contributed by atoms with Gasteiger partial charge in [0.05, 0.1) is 4.47 Å². The smallest absolute Gasteiger partial charge is 0.239 e. The predicted octanol–water partition coefficient (Wildman–Crippen LogP) is 1.37. The third kappa shape index (κ3) is 2.33. The summed E-state index contributed by atoms with van der Waals surface area (Å²) in [5.41, 5.74) is 2.43. The number of nitrogen functional groups attached to an aromatic ring is 1. The van der Waals surface area contributed by atoms with Crippen LogP contribution in [-0.2, 0) is 0 Å². The second-order valence-electron chi connectivity index (χ2n) is 2.68. The molecule has 0 saturated heterocycles. The number of nitrogens with zero attached hydrogens (tertiary/aromatic N) is 3. The van der Waals surface area contributed by atoms with E-state index in [9.17, 15) is 0 Å². The molecule has 1 aromatic rings. The molecular formula is C8H14BrN5. The molecule has 14 heavy (non-hydrogen) atoms. The highest BCUT2D eigenvalue weighted by Gasteiger charge is 2.09. The minimum absolute atomic E-state index is 0.426. The number of nitrogens with one attached hydrogen (secondary N) is 1. The molecule has 0 fully saturated rings. The molecule has 0 unspecified atom stereocenters. The zero-order chi connectivity index (χ0) is 10.6. The zero-order valence-corrected chi connectivity index (χ0v) is 9.87. The second-order valence-corrected chi connectivity index (χ2v) is 3.54. The first-order valence-corrected chi connectivity index (χ1v) is 5.26. The molecule has 0 spiro atoms. The summed E-state index contributed by atoms with van der Waals surface area (Å²) in [6.45, 7) is 5.95. The number of anilines is 2. The van der Waals surface area contributed by atoms with Crippen LogP contribution in [0.1, 0.15) is 13.8 Å². The van der Waals surface area contributed by atoms with Crippen molar-refractivity contribution in [3.05, 3.63) is 10.7 Å². The quantitative estimate of drug-likeness (QED) is 0.632. The molecule has 6 heteroatoms. The lowest BCUT2D eigenvalue weighted by Crippen LogP contribution is -2.24. The molecule has 0 radical (unpaired) electrons. The van der Waals surface area contributed by atoms with E-state index in [4.69, 9.17) is 5.84 Å². The van der Waals surface area contributed by atoms with Crippen LogP contribution in [0.2, 0.25) is 0 Å². The second kappa shape index (κ2) is 5.11. The van der Waals surface area contributed by atoms with E-state index in [1.165, 1.54) is 0 Å². The largest absolute Gasteiger partial charge is 0.356 e. The van der Waals surface area contributed by atoms with Gasteiger partial charge in [-0.05, 0) is 29.8 Å². The Morgan fingerprint density at radius 1 is 1.50 bits per heavy atom. The molecule has 0 aliphatic carbocycles. The number of rotatable bonds is 4. The van der Waals surface area contributed by atoms with E-state index in [0.717, 1.165) is 23.4 Å². The summed E-state index contributed by atoms with van der Waals surface area (Å²) in [4.78, 5) is 10.4. The molecule has 1 heterocycles. The first-order chi connectivity index (χ1) is 6.72. The van der Waals surface area contributed by atoms with Gasteiger partial charge in [0, 0.05) is 19.3 Å². The van der Waals surface area contributed by atoms with Crippen LogP contribution in [0, 0.1) is 0 Å². The highest BCUT2D eigenvalue weighted by Crippen LogP contribution is 2.23. The molecule has 0 aliphatic rings. The van der Waals surface area contributed by atoms with E-state index in [1.807, 2.05) is 0 Å². The average Bonchev–Trinajstić information content (AvgIpc) is 2.22. The first-order valence-electron chi connectivity index (χ1n) is 4.47. The molecule has 0 saturated carbocycles. The first kappa shape index (κ1) is 11.2. The van der Waals surface area contributed by atoms with Gasteiger partial charge in [0.15, 0.2) is 0 Å². The van der Waals surface area contributed by atoms with Gasteiger partial charge in [0.25, 0.3) is 0 Å². The monoisotopic (exact) mass is 259 g/mol. The number of hydrogen-bond donors (Lipinski definition) is 2. The van der Waals surface area contributed by atoms with Crippen molar-refractivity contribution in [2.45, 2.75) is 13.8 Å². The van der Waals surface area contributed by atoms with E-state index < -0.39 is 0 Å². The summed E-state index contributed by atoms with van der Waals surface area (Å²) in [6, 6.07) is 0. The van der Waals surface area contributed by atoms with Gasteiger partial charge in [-0.1, -0.05) is 0 Å². The Labute approximate surface area is 91.8 Å². The Bertz CT molecular complexity index is 300. The van der Waals surface area contributed by atoms with Crippen molar-refractivity contribution in [1.29, 1.82) is 0 Å². The molecule has 0 bridgehead atoms. The summed E-state index contributed by atoms with van der Waals surface area (Å²) < 4.78 is 0.875. The third-order valence-electron chi connectivity index (χ3n) is 1.92. The van der Waals surface area contributed by atoms with Gasteiger partial charge in [-0.25, -0.2) is 10.8 Å². The number of hydrazine groups is 1. The number of nitrogens with two attached hydrogens (primary N) is 1. The van der Waals surface area contributed by atoms with E-state index in [2.05, 4.69) is 50.1 Å². The summed E-state index contributed by atoms with van der Waals surface area (Å²) in [5, 5.41) is 0. The molecule has 1 aromatic heterocycles. The molecule has 0 aromatic carbocycles. The molecule has 0 atom stereocenters. The van der Waals surface area contributed by atoms with E-state index in [-0.39, 0.29) is 0 Å². The Balaban J connectivity index is 3.04. The van der Waals surface area contributed by atoms with Crippen LogP contribution in [0.4, 0.5) is 11.8 Å². The number of hydrogen-bond acceptors (Lipinski definition) is 5. The summed E-state index contributed by atoms with van der Waals surface area (Å²) in [7, 11) is 0. The van der Waals surface area contributed by atoms with Crippen molar-refractivity contribution in [1.82, 2.24) is 9.97 Å². The van der Waals surface area contributed by atoms with Gasteiger partial charge in [-0.3, -0.25) is 5.43 Å². The summed E-state index contributed by atoms with van der Waals surface area (Å²) >= 11 is 3.41. The Morgan fingerprint density at radius 3 is 2.64 bits per heavy atom. The minimum Gasteiger partial charge on any atom is -0.356 e. The van der Waals surface area contributed by atoms with Crippen molar-refractivity contribution in [3.63, 3.8) is 0 Å². The van der Waals surface area contributed by atoms with Gasteiger partial charge in [-0.2, -0.15) is 4.98 Å². The lowest BCUT2D eigenvalue weighted by Gasteiger charge is -2.21. The van der Waals surface area contributed by atoms with Crippen LogP contribution in [0.3, 0.4) is 0 Å². The maximum atomic E-state index is 5.24. The Morgan fingerprint density at radius 2 is 2.14 bits per heavy atom. The molecule has 1 rings (SSSR count). The van der Waals surface area contributed by atoms with Gasteiger partial charge in [0.2, 0.25) is 5.95 Å². The predicted molar refractivity (Wildman–Crippen MR) is 61.1 cm³/mol. The number of aromatic nitrogens is 2. The lowest BCUT2D eigenvalue weighted by molar-refractivity contribution is 0.838. The highest BCUT2D eigenvalue weighted by atomic mass is 79.9. The van der Waals surface area contributed by atoms with Crippen LogP contribution < -0.4 is 16.2 Å². The molecule has 0 aliphatic heterocycles. The van der Waals surface area contributed by atoms with E-state index in [0.29, 0.717) is 5.95 Å². The van der Waals surface area contributed by atoms with Crippen molar-refractivity contribution >= 4 is 27.7 Å². The fourth-order valence-electron chi connectivity index (χ4n) is 1.17. The Kier molecular flexibility index (Phi) is 4.09. The molecule has 78 valence electrons. The maximum Gasteiger partial charge on any atom is 0.239 e. The van der Waals surface area contributed by atoms with Crippen LogP contribution >= 0.6 is 15.9 Å². The number of halogens is 1. The molecule has 5 nitrogen and oxygen atoms in total. The van der Waals surface area contributed by atoms with E-state index >= 15 is 0 Å². The molecule has 0 amide bonds. The van der Waals surface area contributed by atoms with Crippen molar-refractivity contribution in [3.8, 4) is 0 Å². The van der Waals surface area contributed by atoms with Gasteiger partial charge >= 0.3 is 0 Å². The fraction of sp³-hybridized carbons (Fsp3) is 0.500. The fourth-order valence-corrected chi connectivity index (χ4v) is 1.61. The third-order valence-corrected chi connectivity index (χ3v) is 2.48. The Hall–Kier alpha value is -0.880. The standard InChI is InChI=1S/C8H14BrN5/c1-3-14(4-2)7-6(9)5-11-8(12-7)13-10/h5H,3-4,10H2,1-2H3,(H,11,12,13). The topological polar surface area (TPSA) is 67.1 Å².